The van der Waals surface area contributed by atoms with Crippen LogP contribution in [0, 0.1) is 11.6 Å². The standard InChI is InChI=1S/C24H25F2N3O5/c1-27-22(30)11-17-4-5-19-21(34-17)12-33-20-6-3-16(10-18(20)24(32)29(19)2)28-23(31)13-7-14(25)9-15(26)8-13/h3,6-10,17,19,21H,4-5,11-12H2,1-2H3,(H,27,30)(H,28,31)/t17-,19+,21+/m0/s1. The number of nitrogens with zero attached hydrogens (tertiary/aromatic N) is 1. The molecule has 2 N–H and O–H groups in total. The summed E-state index contributed by atoms with van der Waals surface area (Å²) in [5, 5.41) is 5.15. The lowest BCUT2D eigenvalue weighted by Gasteiger charge is -2.42. The van der Waals surface area contributed by atoms with Crippen molar-refractivity contribution in [3.63, 3.8) is 0 Å². The molecule has 0 bridgehead atoms. The highest BCUT2D eigenvalue weighted by Gasteiger charge is 2.39. The molecule has 2 aromatic rings. The summed E-state index contributed by atoms with van der Waals surface area (Å²) in [6, 6.07) is 6.85. The van der Waals surface area contributed by atoms with Crippen LogP contribution in [-0.2, 0) is 9.53 Å². The molecule has 0 radical (unpaired) electrons. The first-order valence-electron chi connectivity index (χ1n) is 10.9. The molecule has 2 heterocycles. The van der Waals surface area contributed by atoms with E-state index in [2.05, 4.69) is 10.6 Å². The molecular weight excluding hydrogens is 448 g/mol. The Labute approximate surface area is 195 Å². The van der Waals surface area contributed by atoms with Gasteiger partial charge in [-0.3, -0.25) is 14.4 Å². The fourth-order valence-corrected chi connectivity index (χ4v) is 4.30. The van der Waals surface area contributed by atoms with Crippen molar-refractivity contribution in [2.24, 2.45) is 0 Å². The molecule has 3 atom stereocenters. The minimum absolute atomic E-state index is 0.111. The third-order valence-corrected chi connectivity index (χ3v) is 6.09. The molecule has 180 valence electrons. The van der Waals surface area contributed by atoms with E-state index < -0.39 is 23.6 Å². The van der Waals surface area contributed by atoms with E-state index in [-0.39, 0.29) is 53.8 Å². The number of amides is 3. The van der Waals surface area contributed by atoms with Crippen molar-refractivity contribution < 1.29 is 32.6 Å². The van der Waals surface area contributed by atoms with Crippen molar-refractivity contribution in [1.82, 2.24) is 10.2 Å². The molecule has 2 aliphatic rings. The average Bonchev–Trinajstić information content (AvgIpc) is 2.81. The van der Waals surface area contributed by atoms with Gasteiger partial charge in [-0.05, 0) is 43.2 Å². The van der Waals surface area contributed by atoms with Crippen LogP contribution in [0.5, 0.6) is 5.75 Å². The van der Waals surface area contributed by atoms with Crippen LogP contribution in [0.2, 0.25) is 0 Å². The predicted octanol–water partition coefficient (Wildman–Crippen LogP) is 2.73. The van der Waals surface area contributed by atoms with Crippen LogP contribution in [0.1, 0.15) is 40.0 Å². The normalized spacial score (nSPS) is 21.9. The monoisotopic (exact) mass is 473 g/mol. The topological polar surface area (TPSA) is 97.0 Å². The highest BCUT2D eigenvalue weighted by Crippen LogP contribution is 2.32. The fraction of sp³-hybridized carbons (Fsp3) is 0.375. The van der Waals surface area contributed by atoms with E-state index >= 15 is 0 Å². The zero-order valence-electron chi connectivity index (χ0n) is 18.8. The first-order valence-corrected chi connectivity index (χ1v) is 10.9. The quantitative estimate of drug-likeness (QED) is 0.712. The summed E-state index contributed by atoms with van der Waals surface area (Å²) in [6.07, 6.45) is 0.866. The van der Waals surface area contributed by atoms with Gasteiger partial charge in [-0.1, -0.05) is 0 Å². The molecule has 2 aromatic carbocycles. The van der Waals surface area contributed by atoms with Crippen LogP contribution >= 0.6 is 0 Å². The van der Waals surface area contributed by atoms with Gasteiger partial charge >= 0.3 is 0 Å². The number of carbonyl (C=O) groups excluding carboxylic acids is 3. The molecule has 4 rings (SSSR count). The second-order valence-electron chi connectivity index (χ2n) is 8.37. The molecule has 0 aliphatic carbocycles. The third kappa shape index (κ3) is 5.01. The Balaban J connectivity index is 1.52. The van der Waals surface area contributed by atoms with Gasteiger partial charge in [0.15, 0.2) is 0 Å². The second kappa shape index (κ2) is 9.76. The maximum Gasteiger partial charge on any atom is 0.257 e. The number of fused-ring (bicyclic) bond motifs is 2. The van der Waals surface area contributed by atoms with Gasteiger partial charge < -0.3 is 25.0 Å². The number of ether oxygens (including phenoxy) is 2. The number of rotatable bonds is 4. The summed E-state index contributed by atoms with van der Waals surface area (Å²) in [7, 11) is 3.25. The molecule has 0 unspecified atom stereocenters. The van der Waals surface area contributed by atoms with Crippen LogP contribution in [0.25, 0.3) is 0 Å². The van der Waals surface area contributed by atoms with E-state index in [0.717, 1.165) is 12.1 Å². The van der Waals surface area contributed by atoms with Crippen molar-refractivity contribution in [3.05, 3.63) is 59.2 Å². The Kier molecular flexibility index (Phi) is 6.78. The summed E-state index contributed by atoms with van der Waals surface area (Å²) < 4.78 is 38.9. The predicted molar refractivity (Wildman–Crippen MR) is 119 cm³/mol. The van der Waals surface area contributed by atoms with Gasteiger partial charge in [0, 0.05) is 31.4 Å². The SMILES string of the molecule is CNC(=O)C[C@@H]1CC[C@@H]2[C@@H](COc3ccc(NC(=O)c4cc(F)cc(F)c4)cc3C(=O)N2C)O1. The molecule has 34 heavy (non-hydrogen) atoms. The highest BCUT2D eigenvalue weighted by atomic mass is 19.1. The molecule has 0 spiro atoms. The lowest BCUT2D eigenvalue weighted by Crippen LogP contribution is -2.53. The molecule has 1 saturated heterocycles. The Morgan fingerprint density at radius 2 is 1.85 bits per heavy atom. The Bertz CT molecular complexity index is 1110. The molecule has 2 aliphatic heterocycles. The number of hydrogen-bond acceptors (Lipinski definition) is 5. The van der Waals surface area contributed by atoms with Gasteiger partial charge in [-0.15, -0.1) is 0 Å². The summed E-state index contributed by atoms with van der Waals surface area (Å²) in [6.45, 7) is 0.188. The molecule has 3 amide bonds. The van der Waals surface area contributed by atoms with Crippen LogP contribution in [0.3, 0.4) is 0 Å². The third-order valence-electron chi connectivity index (χ3n) is 6.09. The van der Waals surface area contributed by atoms with Gasteiger partial charge in [-0.25, -0.2) is 8.78 Å². The zero-order valence-corrected chi connectivity index (χ0v) is 18.8. The Morgan fingerprint density at radius 3 is 2.56 bits per heavy atom. The van der Waals surface area contributed by atoms with Crippen molar-refractivity contribution in [3.8, 4) is 5.75 Å². The summed E-state index contributed by atoms with van der Waals surface area (Å²) in [5.41, 5.74) is 0.343. The number of benzene rings is 2. The van der Waals surface area contributed by atoms with E-state index in [0.29, 0.717) is 24.7 Å². The Hall–Kier alpha value is -3.53. The minimum atomic E-state index is -0.865. The maximum atomic E-state index is 13.5. The van der Waals surface area contributed by atoms with Crippen LogP contribution in [-0.4, -0.2) is 61.6 Å². The highest BCUT2D eigenvalue weighted by molar-refractivity contribution is 6.05. The largest absolute Gasteiger partial charge is 0.490 e. The Morgan fingerprint density at radius 1 is 1.12 bits per heavy atom. The second-order valence-corrected chi connectivity index (χ2v) is 8.37. The molecule has 8 nitrogen and oxygen atoms in total. The van der Waals surface area contributed by atoms with Crippen molar-refractivity contribution in [1.29, 1.82) is 0 Å². The number of carbonyl (C=O) groups is 3. The van der Waals surface area contributed by atoms with Gasteiger partial charge in [0.05, 0.1) is 24.1 Å². The summed E-state index contributed by atoms with van der Waals surface area (Å²) >= 11 is 0. The van der Waals surface area contributed by atoms with Crippen LogP contribution in [0.4, 0.5) is 14.5 Å². The van der Waals surface area contributed by atoms with E-state index in [9.17, 15) is 23.2 Å². The number of anilines is 1. The average molecular weight is 473 g/mol. The van der Waals surface area contributed by atoms with Crippen LogP contribution < -0.4 is 15.4 Å². The fourth-order valence-electron chi connectivity index (χ4n) is 4.30. The van der Waals surface area contributed by atoms with Crippen LogP contribution in [0.15, 0.2) is 36.4 Å². The van der Waals surface area contributed by atoms with E-state index in [1.807, 2.05) is 0 Å². The number of hydrogen-bond donors (Lipinski definition) is 2. The zero-order chi connectivity index (χ0) is 24.4. The van der Waals surface area contributed by atoms with Crippen molar-refractivity contribution >= 4 is 23.4 Å². The lowest BCUT2D eigenvalue weighted by atomic mass is 9.94. The smallest absolute Gasteiger partial charge is 0.257 e. The summed E-state index contributed by atoms with van der Waals surface area (Å²) in [4.78, 5) is 39.0. The molecule has 0 aromatic heterocycles. The molecule has 1 fully saturated rings. The minimum Gasteiger partial charge on any atom is -0.490 e. The van der Waals surface area contributed by atoms with Crippen molar-refractivity contribution in [2.45, 2.75) is 37.5 Å². The number of likely N-dealkylation sites (N-methyl/N-ethyl adjacent to an activating group) is 1. The number of nitrogens with one attached hydrogen (secondary N) is 2. The van der Waals surface area contributed by atoms with E-state index in [1.165, 1.54) is 12.1 Å². The van der Waals surface area contributed by atoms with E-state index in [4.69, 9.17) is 9.47 Å². The first kappa shape index (κ1) is 23.6. The first-order chi connectivity index (χ1) is 16.2. The molecule has 10 heteroatoms. The van der Waals surface area contributed by atoms with Gasteiger partial charge in [-0.2, -0.15) is 0 Å². The lowest BCUT2D eigenvalue weighted by molar-refractivity contribution is -0.133. The van der Waals surface area contributed by atoms with Gasteiger partial charge in [0.25, 0.3) is 11.8 Å². The van der Waals surface area contributed by atoms with Crippen molar-refractivity contribution in [2.75, 3.05) is 26.0 Å². The number of halogens is 2. The van der Waals surface area contributed by atoms with Gasteiger partial charge in [0.1, 0.15) is 30.1 Å². The summed E-state index contributed by atoms with van der Waals surface area (Å²) in [5.74, 6) is -2.55. The molecular formula is C24H25F2N3O5. The van der Waals surface area contributed by atoms with E-state index in [1.54, 1.807) is 25.1 Å². The molecule has 0 saturated carbocycles. The van der Waals surface area contributed by atoms with Gasteiger partial charge in [0.2, 0.25) is 5.91 Å². The maximum absolute atomic E-state index is 13.5.